The third kappa shape index (κ3) is 2.59. The van der Waals surface area contributed by atoms with Gasteiger partial charge in [0.1, 0.15) is 5.54 Å². The lowest BCUT2D eigenvalue weighted by Gasteiger charge is -2.21. The standard InChI is InChI=1S/C17H13ClN4O2/c1-17(13-3-2-6-20-9-13)15(23)22(16(24)21-17)10-11-4-5-14(18)7-12(11)8-19/h2-7,9H,10H2,1H3,(H,21,24)/t17-/m1/s1. The van der Waals surface area contributed by atoms with Gasteiger partial charge in [0.05, 0.1) is 18.2 Å². The first kappa shape index (κ1) is 16.0. The van der Waals surface area contributed by atoms with E-state index in [1.165, 1.54) is 6.07 Å². The number of hydrogen-bond donors (Lipinski definition) is 1. The second-order valence-electron chi connectivity index (χ2n) is 5.60. The zero-order valence-electron chi connectivity index (χ0n) is 12.8. The predicted octanol–water partition coefficient (Wildman–Crippen LogP) is 2.57. The molecular weight excluding hydrogens is 328 g/mol. The summed E-state index contributed by atoms with van der Waals surface area (Å²) >= 11 is 5.88. The molecule has 120 valence electrons. The van der Waals surface area contributed by atoms with Crippen LogP contribution in [0.1, 0.15) is 23.6 Å². The van der Waals surface area contributed by atoms with Crippen molar-refractivity contribution in [2.45, 2.75) is 19.0 Å². The van der Waals surface area contributed by atoms with Crippen molar-refractivity contribution in [3.8, 4) is 6.07 Å². The minimum absolute atomic E-state index is 0.000576. The van der Waals surface area contributed by atoms with Crippen LogP contribution >= 0.6 is 11.6 Å². The molecule has 24 heavy (non-hydrogen) atoms. The normalized spacial score (nSPS) is 20.0. The number of hydrogen-bond acceptors (Lipinski definition) is 4. The van der Waals surface area contributed by atoms with Crippen LogP contribution in [-0.4, -0.2) is 21.8 Å². The van der Waals surface area contributed by atoms with E-state index in [1.54, 1.807) is 43.6 Å². The maximum atomic E-state index is 12.8. The van der Waals surface area contributed by atoms with Crippen LogP contribution in [0.4, 0.5) is 4.79 Å². The van der Waals surface area contributed by atoms with Crippen molar-refractivity contribution in [3.63, 3.8) is 0 Å². The Labute approximate surface area is 143 Å². The minimum Gasteiger partial charge on any atom is -0.319 e. The Morgan fingerprint density at radius 1 is 1.38 bits per heavy atom. The van der Waals surface area contributed by atoms with Gasteiger partial charge in [-0.1, -0.05) is 23.7 Å². The maximum Gasteiger partial charge on any atom is 0.325 e. The van der Waals surface area contributed by atoms with Gasteiger partial charge in [0, 0.05) is 23.0 Å². The van der Waals surface area contributed by atoms with E-state index >= 15 is 0 Å². The van der Waals surface area contributed by atoms with Gasteiger partial charge < -0.3 is 5.32 Å². The fourth-order valence-electron chi connectivity index (χ4n) is 2.66. The van der Waals surface area contributed by atoms with E-state index in [9.17, 15) is 14.9 Å². The highest BCUT2D eigenvalue weighted by Gasteiger charge is 2.49. The zero-order chi connectivity index (χ0) is 17.3. The van der Waals surface area contributed by atoms with E-state index in [1.807, 2.05) is 6.07 Å². The lowest BCUT2D eigenvalue weighted by Crippen LogP contribution is -2.40. The Morgan fingerprint density at radius 2 is 2.17 bits per heavy atom. The summed E-state index contributed by atoms with van der Waals surface area (Å²) in [5.74, 6) is -0.390. The number of pyridine rings is 1. The van der Waals surface area contributed by atoms with Crippen LogP contribution in [0.15, 0.2) is 42.7 Å². The van der Waals surface area contributed by atoms with Crippen molar-refractivity contribution in [3.05, 3.63) is 64.4 Å². The number of rotatable bonds is 3. The van der Waals surface area contributed by atoms with Crippen LogP contribution in [0.5, 0.6) is 0 Å². The molecule has 0 spiro atoms. The number of nitriles is 1. The number of amides is 3. The topological polar surface area (TPSA) is 86.1 Å². The summed E-state index contributed by atoms with van der Waals surface area (Å²) in [6, 6.07) is 9.73. The largest absolute Gasteiger partial charge is 0.325 e. The Hall–Kier alpha value is -2.91. The molecule has 0 radical (unpaired) electrons. The molecule has 1 aromatic heterocycles. The Morgan fingerprint density at radius 3 is 2.83 bits per heavy atom. The predicted molar refractivity (Wildman–Crippen MR) is 86.8 cm³/mol. The smallest absolute Gasteiger partial charge is 0.319 e. The van der Waals surface area contributed by atoms with Gasteiger partial charge in [0.2, 0.25) is 0 Å². The molecule has 1 aromatic carbocycles. The van der Waals surface area contributed by atoms with Crippen molar-refractivity contribution in [2.24, 2.45) is 0 Å². The number of aromatic nitrogens is 1. The number of imide groups is 1. The van der Waals surface area contributed by atoms with Crippen molar-refractivity contribution in [1.82, 2.24) is 15.2 Å². The van der Waals surface area contributed by atoms with Gasteiger partial charge in [0.25, 0.3) is 5.91 Å². The quantitative estimate of drug-likeness (QED) is 0.870. The summed E-state index contributed by atoms with van der Waals surface area (Å²) in [5.41, 5.74) is 0.311. The highest BCUT2D eigenvalue weighted by atomic mass is 35.5. The number of nitrogens with zero attached hydrogens (tertiary/aromatic N) is 3. The van der Waals surface area contributed by atoms with Crippen LogP contribution in [0.2, 0.25) is 5.02 Å². The van der Waals surface area contributed by atoms with Crippen molar-refractivity contribution in [2.75, 3.05) is 0 Å². The van der Waals surface area contributed by atoms with E-state index in [4.69, 9.17) is 11.6 Å². The number of nitrogens with one attached hydrogen (secondary N) is 1. The van der Waals surface area contributed by atoms with Gasteiger partial charge >= 0.3 is 6.03 Å². The molecule has 0 saturated carbocycles. The molecular formula is C17H13ClN4O2. The second kappa shape index (κ2) is 5.95. The van der Waals surface area contributed by atoms with Gasteiger partial charge in [-0.3, -0.25) is 14.7 Å². The fourth-order valence-corrected chi connectivity index (χ4v) is 2.83. The van der Waals surface area contributed by atoms with Crippen LogP contribution < -0.4 is 5.32 Å². The molecule has 2 heterocycles. The fraction of sp³-hybridized carbons (Fsp3) is 0.176. The van der Waals surface area contributed by atoms with Gasteiger partial charge in [0.15, 0.2) is 0 Å². The summed E-state index contributed by atoms with van der Waals surface area (Å²) in [6.45, 7) is 1.64. The highest BCUT2D eigenvalue weighted by molar-refractivity contribution is 6.30. The van der Waals surface area contributed by atoms with Crippen LogP contribution in [0, 0.1) is 11.3 Å². The first-order valence-electron chi connectivity index (χ1n) is 7.19. The third-order valence-electron chi connectivity index (χ3n) is 4.03. The summed E-state index contributed by atoms with van der Waals surface area (Å²) < 4.78 is 0. The monoisotopic (exact) mass is 340 g/mol. The van der Waals surface area contributed by atoms with Crippen molar-refractivity contribution in [1.29, 1.82) is 5.26 Å². The van der Waals surface area contributed by atoms with Gasteiger partial charge in [-0.15, -0.1) is 0 Å². The molecule has 1 aliphatic heterocycles. The summed E-state index contributed by atoms with van der Waals surface area (Å²) in [6.07, 6.45) is 3.14. The van der Waals surface area contributed by atoms with Crippen LogP contribution in [0.3, 0.4) is 0 Å². The first-order valence-corrected chi connectivity index (χ1v) is 7.56. The molecule has 7 heteroatoms. The zero-order valence-corrected chi connectivity index (χ0v) is 13.5. The Balaban J connectivity index is 1.93. The molecule has 0 unspecified atom stereocenters. The van der Waals surface area contributed by atoms with E-state index in [0.29, 0.717) is 21.7 Å². The molecule has 3 rings (SSSR count). The molecule has 1 N–H and O–H groups in total. The number of benzene rings is 1. The Kier molecular flexibility index (Phi) is 3.96. The highest BCUT2D eigenvalue weighted by Crippen LogP contribution is 2.29. The summed E-state index contributed by atoms with van der Waals surface area (Å²) in [4.78, 5) is 30.2. The van der Waals surface area contributed by atoms with Gasteiger partial charge in [-0.25, -0.2) is 4.79 Å². The molecule has 6 nitrogen and oxygen atoms in total. The summed E-state index contributed by atoms with van der Waals surface area (Å²) in [7, 11) is 0. The second-order valence-corrected chi connectivity index (χ2v) is 6.04. The minimum atomic E-state index is -1.18. The molecule has 0 aliphatic carbocycles. The van der Waals surface area contributed by atoms with Gasteiger partial charge in [-0.05, 0) is 30.7 Å². The lowest BCUT2D eigenvalue weighted by atomic mass is 9.93. The van der Waals surface area contributed by atoms with Crippen molar-refractivity contribution >= 4 is 23.5 Å². The molecule has 2 aromatic rings. The molecule has 3 amide bonds. The number of urea groups is 1. The number of carbonyl (C=O) groups excluding carboxylic acids is 2. The molecule has 0 bridgehead atoms. The molecule has 1 saturated heterocycles. The van der Waals surface area contributed by atoms with Crippen LogP contribution in [0.25, 0.3) is 0 Å². The SMILES string of the molecule is C[C@]1(c2cccnc2)NC(=O)N(Cc2ccc(Cl)cc2C#N)C1=O. The lowest BCUT2D eigenvalue weighted by molar-refractivity contribution is -0.131. The van der Waals surface area contributed by atoms with E-state index in [0.717, 1.165) is 4.90 Å². The number of carbonyl (C=O) groups is 2. The number of halogens is 1. The third-order valence-corrected chi connectivity index (χ3v) is 4.27. The van der Waals surface area contributed by atoms with Crippen molar-refractivity contribution < 1.29 is 9.59 Å². The average Bonchev–Trinajstić information content (AvgIpc) is 2.81. The average molecular weight is 341 g/mol. The van der Waals surface area contributed by atoms with Gasteiger partial charge in [-0.2, -0.15) is 5.26 Å². The van der Waals surface area contributed by atoms with E-state index in [-0.39, 0.29) is 12.5 Å². The van der Waals surface area contributed by atoms with E-state index < -0.39 is 11.6 Å². The molecule has 1 fully saturated rings. The summed E-state index contributed by atoms with van der Waals surface area (Å²) in [5, 5.41) is 12.3. The van der Waals surface area contributed by atoms with Crippen LogP contribution in [-0.2, 0) is 16.9 Å². The Bertz CT molecular complexity index is 863. The maximum absolute atomic E-state index is 12.8. The molecule has 1 aliphatic rings. The van der Waals surface area contributed by atoms with E-state index in [2.05, 4.69) is 10.3 Å². The first-order chi connectivity index (χ1) is 11.5. The molecule has 1 atom stereocenters.